The summed E-state index contributed by atoms with van der Waals surface area (Å²) >= 11 is 4.38. The molecule has 0 radical (unpaired) electrons. The maximum Gasteiger partial charge on any atom is 0.0244 e. The fourth-order valence-electron chi connectivity index (χ4n) is 1.78. The van der Waals surface area contributed by atoms with Gasteiger partial charge in [0.25, 0.3) is 0 Å². The van der Waals surface area contributed by atoms with Gasteiger partial charge in [0.05, 0.1) is 0 Å². The Morgan fingerprint density at radius 2 is 2.46 bits per heavy atom. The zero-order valence-electron chi connectivity index (χ0n) is 7.63. The molecule has 1 nitrogen and oxygen atoms in total. The summed E-state index contributed by atoms with van der Waals surface area (Å²) in [6.45, 7) is 3.73. The van der Waals surface area contributed by atoms with Gasteiger partial charge < -0.3 is 0 Å². The van der Waals surface area contributed by atoms with E-state index < -0.39 is 0 Å². The van der Waals surface area contributed by atoms with Crippen molar-refractivity contribution in [1.82, 2.24) is 4.90 Å². The van der Waals surface area contributed by atoms with Crippen LogP contribution in [0.4, 0.5) is 0 Å². The van der Waals surface area contributed by atoms with Gasteiger partial charge in [0.2, 0.25) is 0 Å². The summed E-state index contributed by atoms with van der Waals surface area (Å²) in [5, 5.41) is 2.23. The second-order valence-corrected chi connectivity index (χ2v) is 5.52. The largest absolute Gasteiger partial charge is 0.299 e. The molecule has 0 aromatic carbocycles. The van der Waals surface area contributed by atoms with Gasteiger partial charge in [0.1, 0.15) is 0 Å². The predicted molar refractivity (Wildman–Crippen MR) is 66.8 cm³/mol. The molecule has 2 heterocycles. The second kappa shape index (κ2) is 4.75. The molecular weight excluding hydrogens is 293 g/mol. The highest BCUT2D eigenvalue weighted by Gasteiger charge is 2.15. The topological polar surface area (TPSA) is 3.24 Å². The number of thiophene rings is 1. The van der Waals surface area contributed by atoms with Crippen molar-refractivity contribution in [2.24, 2.45) is 0 Å². The van der Waals surface area contributed by atoms with E-state index in [0.717, 1.165) is 0 Å². The smallest absolute Gasteiger partial charge is 0.0244 e. The Labute approximate surface area is 97.3 Å². The van der Waals surface area contributed by atoms with E-state index in [1.807, 2.05) is 11.3 Å². The third-order valence-corrected chi connectivity index (χ3v) is 4.28. The molecule has 13 heavy (non-hydrogen) atoms. The summed E-state index contributed by atoms with van der Waals surface area (Å²) in [5.41, 5.74) is 1.57. The number of nitrogens with zero attached hydrogens (tertiary/aromatic N) is 1. The first-order valence-corrected chi connectivity index (χ1v) is 7.14. The van der Waals surface area contributed by atoms with Gasteiger partial charge in [-0.25, -0.2) is 0 Å². The van der Waals surface area contributed by atoms with Crippen LogP contribution in [-0.2, 0) is 13.0 Å². The average Bonchev–Trinajstić information content (AvgIpc) is 2.61. The molecule has 1 aromatic rings. The van der Waals surface area contributed by atoms with E-state index in [2.05, 4.69) is 38.9 Å². The maximum atomic E-state index is 2.58. The summed E-state index contributed by atoms with van der Waals surface area (Å²) in [4.78, 5) is 4.19. The van der Waals surface area contributed by atoms with Crippen LogP contribution in [0.2, 0.25) is 0 Å². The number of hydrogen-bond donors (Lipinski definition) is 0. The lowest BCUT2D eigenvalue weighted by molar-refractivity contribution is 0.258. The van der Waals surface area contributed by atoms with Crippen molar-refractivity contribution in [1.29, 1.82) is 0 Å². The number of halogens is 1. The minimum absolute atomic E-state index is 1.19. The summed E-state index contributed by atoms with van der Waals surface area (Å²) in [6, 6.07) is 2.29. The monoisotopic (exact) mass is 307 g/mol. The molecule has 0 bridgehead atoms. The third kappa shape index (κ3) is 2.44. The molecule has 0 unspecified atom stereocenters. The minimum atomic E-state index is 1.19. The number of hydrogen-bond acceptors (Lipinski definition) is 2. The third-order valence-electron chi connectivity index (χ3n) is 2.49. The lowest BCUT2D eigenvalue weighted by Crippen LogP contribution is -2.30. The second-order valence-electron chi connectivity index (χ2n) is 3.44. The highest BCUT2D eigenvalue weighted by atomic mass is 127. The Morgan fingerprint density at radius 1 is 1.54 bits per heavy atom. The van der Waals surface area contributed by atoms with Crippen LogP contribution in [0.3, 0.4) is 0 Å². The van der Waals surface area contributed by atoms with Gasteiger partial charge in [-0.2, -0.15) is 0 Å². The normalized spacial score (nSPS) is 17.3. The number of rotatable bonds is 3. The quantitative estimate of drug-likeness (QED) is 0.613. The van der Waals surface area contributed by atoms with Crippen molar-refractivity contribution in [3.05, 3.63) is 21.9 Å². The summed E-state index contributed by atoms with van der Waals surface area (Å²) < 4.78 is 1.28. The van der Waals surface area contributed by atoms with Crippen molar-refractivity contribution in [3.8, 4) is 0 Å². The molecule has 0 atom stereocenters. The zero-order chi connectivity index (χ0) is 9.10. The van der Waals surface area contributed by atoms with Crippen molar-refractivity contribution < 1.29 is 0 Å². The van der Waals surface area contributed by atoms with E-state index in [0.29, 0.717) is 0 Å². The van der Waals surface area contributed by atoms with Crippen LogP contribution in [0.15, 0.2) is 11.4 Å². The van der Waals surface area contributed by atoms with E-state index in [9.17, 15) is 0 Å². The predicted octanol–water partition coefficient (Wildman–Crippen LogP) is 2.93. The molecule has 0 N–H and O–H groups in total. The molecule has 0 fully saturated rings. The van der Waals surface area contributed by atoms with Gasteiger partial charge in [0.15, 0.2) is 0 Å². The fourth-order valence-corrected chi connectivity index (χ4v) is 3.01. The molecule has 0 aliphatic carbocycles. The molecule has 0 saturated heterocycles. The molecule has 0 saturated carbocycles. The van der Waals surface area contributed by atoms with Crippen molar-refractivity contribution in [3.63, 3.8) is 0 Å². The molecule has 72 valence electrons. The Morgan fingerprint density at radius 3 is 3.31 bits per heavy atom. The van der Waals surface area contributed by atoms with Gasteiger partial charge in [-0.15, -0.1) is 11.3 Å². The Balaban J connectivity index is 1.93. The average molecular weight is 307 g/mol. The van der Waals surface area contributed by atoms with Gasteiger partial charge in [-0.05, 0) is 36.4 Å². The molecule has 3 heteroatoms. The summed E-state index contributed by atoms with van der Waals surface area (Å²) in [5.74, 6) is 0. The van der Waals surface area contributed by atoms with Gasteiger partial charge >= 0.3 is 0 Å². The number of fused-ring (bicyclic) bond motifs is 1. The van der Waals surface area contributed by atoms with Gasteiger partial charge in [0, 0.05) is 22.4 Å². The van der Waals surface area contributed by atoms with Crippen LogP contribution in [0, 0.1) is 0 Å². The highest BCUT2D eigenvalue weighted by molar-refractivity contribution is 14.1. The van der Waals surface area contributed by atoms with Gasteiger partial charge in [-0.3, -0.25) is 4.90 Å². The van der Waals surface area contributed by atoms with Crippen molar-refractivity contribution >= 4 is 33.9 Å². The van der Waals surface area contributed by atoms with Crippen LogP contribution in [0.25, 0.3) is 0 Å². The van der Waals surface area contributed by atoms with Crippen LogP contribution in [0.1, 0.15) is 16.9 Å². The first-order chi connectivity index (χ1) is 6.40. The van der Waals surface area contributed by atoms with Crippen LogP contribution in [-0.4, -0.2) is 22.4 Å². The van der Waals surface area contributed by atoms with Crippen LogP contribution < -0.4 is 0 Å². The Hall–Kier alpha value is 0.390. The molecule has 2 rings (SSSR count). The Kier molecular flexibility index (Phi) is 3.63. The molecule has 1 aromatic heterocycles. The van der Waals surface area contributed by atoms with Crippen LogP contribution in [0.5, 0.6) is 0 Å². The lowest BCUT2D eigenvalue weighted by Gasteiger charge is -2.26. The number of alkyl halides is 1. The summed E-state index contributed by atoms with van der Waals surface area (Å²) in [7, 11) is 0. The van der Waals surface area contributed by atoms with Crippen LogP contribution >= 0.6 is 33.9 Å². The first-order valence-electron chi connectivity index (χ1n) is 4.73. The maximum absolute atomic E-state index is 2.58. The summed E-state index contributed by atoms with van der Waals surface area (Å²) in [6.07, 6.45) is 2.61. The molecule has 0 spiro atoms. The van der Waals surface area contributed by atoms with E-state index >= 15 is 0 Å². The lowest BCUT2D eigenvalue weighted by atomic mass is 10.1. The Bertz CT molecular complexity index is 272. The molecule has 1 aliphatic heterocycles. The van der Waals surface area contributed by atoms with E-state index in [1.165, 1.54) is 36.9 Å². The van der Waals surface area contributed by atoms with Crippen molar-refractivity contribution in [2.45, 2.75) is 19.4 Å². The van der Waals surface area contributed by atoms with E-state index in [-0.39, 0.29) is 0 Å². The molecule has 0 amide bonds. The minimum Gasteiger partial charge on any atom is -0.299 e. The fraction of sp³-hybridized carbons (Fsp3) is 0.600. The molecule has 1 aliphatic rings. The van der Waals surface area contributed by atoms with Crippen molar-refractivity contribution in [2.75, 3.05) is 17.5 Å². The van der Waals surface area contributed by atoms with E-state index in [1.54, 1.807) is 10.4 Å². The van der Waals surface area contributed by atoms with Gasteiger partial charge in [-0.1, -0.05) is 22.6 Å². The van der Waals surface area contributed by atoms with E-state index in [4.69, 9.17) is 0 Å². The highest BCUT2D eigenvalue weighted by Crippen LogP contribution is 2.23. The first kappa shape index (κ1) is 9.93. The SMILES string of the molecule is ICCCN1CCc2sccc2C1. The standard InChI is InChI=1S/C10H14INS/c11-4-1-5-12-6-2-10-9(8-12)3-7-13-10/h3,7H,1-2,4-6,8H2. The molecular formula is C10H14INS. The zero-order valence-corrected chi connectivity index (χ0v) is 10.6.